The van der Waals surface area contributed by atoms with Crippen molar-refractivity contribution in [3.8, 4) is 0 Å². The van der Waals surface area contributed by atoms with E-state index >= 15 is 0 Å². The fraction of sp³-hybridized carbons (Fsp3) is 0.818. The molecular weight excluding hydrogens is 206 g/mol. The van der Waals surface area contributed by atoms with Gasteiger partial charge in [0.05, 0.1) is 6.54 Å². The van der Waals surface area contributed by atoms with Crippen molar-refractivity contribution in [2.75, 3.05) is 32.7 Å². The summed E-state index contributed by atoms with van der Waals surface area (Å²) in [5, 5.41) is 0. The molecule has 1 rings (SSSR count). The Balaban J connectivity index is 2.41. The molecule has 0 saturated carbocycles. The number of nitrogens with two attached hydrogens (primary N) is 1. The molecule has 1 fully saturated rings. The molecule has 0 bridgehead atoms. The zero-order valence-electron chi connectivity index (χ0n) is 10.1. The molecule has 5 heteroatoms. The average molecular weight is 227 g/mol. The molecular formula is C11H21N3O2. The molecule has 0 aromatic rings. The van der Waals surface area contributed by atoms with Gasteiger partial charge in [0.1, 0.15) is 0 Å². The van der Waals surface area contributed by atoms with E-state index in [2.05, 4.69) is 0 Å². The second kappa shape index (κ2) is 5.84. The van der Waals surface area contributed by atoms with E-state index < -0.39 is 0 Å². The number of carbonyl (C=O) groups excluding carboxylic acids is 2. The molecule has 1 unspecified atom stereocenters. The third-order valence-electron chi connectivity index (χ3n) is 3.12. The Morgan fingerprint density at radius 1 is 1.50 bits per heavy atom. The van der Waals surface area contributed by atoms with Crippen molar-refractivity contribution in [2.45, 2.75) is 20.3 Å². The maximum absolute atomic E-state index is 11.4. The molecule has 0 aromatic carbocycles. The largest absolute Gasteiger partial charge is 0.343 e. The molecule has 0 spiro atoms. The van der Waals surface area contributed by atoms with E-state index in [9.17, 15) is 9.59 Å². The van der Waals surface area contributed by atoms with E-state index in [0.717, 1.165) is 32.6 Å². The molecule has 1 heterocycles. The van der Waals surface area contributed by atoms with Gasteiger partial charge in [0.25, 0.3) is 0 Å². The van der Waals surface area contributed by atoms with Crippen molar-refractivity contribution >= 4 is 11.8 Å². The van der Waals surface area contributed by atoms with Gasteiger partial charge in [0, 0.05) is 33.1 Å². The van der Waals surface area contributed by atoms with E-state index in [1.54, 1.807) is 11.8 Å². The molecule has 2 amide bonds. The highest BCUT2D eigenvalue weighted by molar-refractivity contribution is 5.78. The van der Waals surface area contributed by atoms with Crippen molar-refractivity contribution < 1.29 is 9.59 Å². The topological polar surface area (TPSA) is 66.6 Å². The molecule has 0 aliphatic carbocycles. The number of hydrogen-bond donors (Lipinski definition) is 1. The lowest BCUT2D eigenvalue weighted by atomic mass is 10.1. The molecule has 92 valence electrons. The Labute approximate surface area is 96.6 Å². The van der Waals surface area contributed by atoms with E-state index in [-0.39, 0.29) is 18.4 Å². The van der Waals surface area contributed by atoms with Gasteiger partial charge in [-0.05, 0) is 19.3 Å². The zero-order valence-corrected chi connectivity index (χ0v) is 10.1. The summed E-state index contributed by atoms with van der Waals surface area (Å²) in [6.07, 6.45) is 0.968. The normalized spacial score (nSPS) is 19.9. The lowest BCUT2D eigenvalue weighted by molar-refractivity contribution is -0.129. The quantitative estimate of drug-likeness (QED) is 0.714. The van der Waals surface area contributed by atoms with Gasteiger partial charge in [-0.1, -0.05) is 0 Å². The molecule has 0 aromatic heterocycles. The summed E-state index contributed by atoms with van der Waals surface area (Å²) in [4.78, 5) is 26.2. The van der Waals surface area contributed by atoms with Crippen LogP contribution in [0.4, 0.5) is 0 Å². The number of carbonyl (C=O) groups is 2. The van der Waals surface area contributed by atoms with Crippen LogP contribution in [-0.2, 0) is 9.59 Å². The maximum atomic E-state index is 11.4. The Morgan fingerprint density at radius 3 is 2.69 bits per heavy atom. The Bertz CT molecular complexity index is 268. The lowest BCUT2D eigenvalue weighted by Crippen LogP contribution is -2.37. The highest BCUT2D eigenvalue weighted by atomic mass is 16.2. The zero-order chi connectivity index (χ0) is 12.1. The summed E-state index contributed by atoms with van der Waals surface area (Å²) < 4.78 is 0. The minimum atomic E-state index is 0.00775. The average Bonchev–Trinajstić information content (AvgIpc) is 2.72. The minimum Gasteiger partial charge on any atom is -0.343 e. The minimum absolute atomic E-state index is 0.00775. The summed E-state index contributed by atoms with van der Waals surface area (Å²) in [6, 6.07) is 0. The fourth-order valence-corrected chi connectivity index (χ4v) is 2.13. The predicted molar refractivity (Wildman–Crippen MR) is 61.7 cm³/mol. The molecule has 5 nitrogen and oxygen atoms in total. The van der Waals surface area contributed by atoms with Gasteiger partial charge >= 0.3 is 0 Å². The second-order valence-electron chi connectivity index (χ2n) is 4.26. The van der Waals surface area contributed by atoms with Gasteiger partial charge < -0.3 is 15.5 Å². The van der Waals surface area contributed by atoms with Crippen LogP contribution in [0, 0.1) is 5.92 Å². The summed E-state index contributed by atoms with van der Waals surface area (Å²) >= 11 is 0. The van der Waals surface area contributed by atoms with Crippen LogP contribution in [0.3, 0.4) is 0 Å². The van der Waals surface area contributed by atoms with Crippen LogP contribution in [-0.4, -0.2) is 54.3 Å². The number of nitrogens with zero attached hydrogens (tertiary/aromatic N) is 2. The van der Waals surface area contributed by atoms with Gasteiger partial charge in [-0.2, -0.15) is 0 Å². The van der Waals surface area contributed by atoms with Gasteiger partial charge in [-0.3, -0.25) is 9.59 Å². The van der Waals surface area contributed by atoms with Crippen LogP contribution < -0.4 is 5.73 Å². The van der Waals surface area contributed by atoms with Crippen LogP contribution >= 0.6 is 0 Å². The fourth-order valence-electron chi connectivity index (χ4n) is 2.13. The van der Waals surface area contributed by atoms with Crippen LogP contribution in [0.5, 0.6) is 0 Å². The highest BCUT2D eigenvalue weighted by Gasteiger charge is 2.27. The summed E-state index contributed by atoms with van der Waals surface area (Å²) in [7, 11) is 0. The van der Waals surface area contributed by atoms with Crippen molar-refractivity contribution in [1.29, 1.82) is 0 Å². The van der Waals surface area contributed by atoms with Crippen LogP contribution in [0.1, 0.15) is 20.3 Å². The first-order valence-electron chi connectivity index (χ1n) is 5.81. The Morgan fingerprint density at radius 2 is 2.19 bits per heavy atom. The van der Waals surface area contributed by atoms with Gasteiger partial charge in [0.15, 0.2) is 0 Å². The SMILES string of the molecule is CCN(CC1CCN(C(=O)CN)C1)C(C)=O. The van der Waals surface area contributed by atoms with Gasteiger partial charge in [0.2, 0.25) is 11.8 Å². The number of likely N-dealkylation sites (tertiary alicyclic amines) is 1. The van der Waals surface area contributed by atoms with Crippen molar-refractivity contribution in [3.63, 3.8) is 0 Å². The molecule has 2 N–H and O–H groups in total. The maximum Gasteiger partial charge on any atom is 0.236 e. The third kappa shape index (κ3) is 3.20. The smallest absolute Gasteiger partial charge is 0.236 e. The first kappa shape index (κ1) is 13.0. The van der Waals surface area contributed by atoms with Crippen molar-refractivity contribution in [1.82, 2.24) is 9.80 Å². The van der Waals surface area contributed by atoms with E-state index in [0.29, 0.717) is 5.92 Å². The number of rotatable bonds is 4. The highest BCUT2D eigenvalue weighted by Crippen LogP contribution is 2.17. The molecule has 0 radical (unpaired) electrons. The molecule has 1 atom stereocenters. The first-order valence-corrected chi connectivity index (χ1v) is 5.81. The number of amides is 2. The van der Waals surface area contributed by atoms with Crippen LogP contribution in [0.25, 0.3) is 0 Å². The number of hydrogen-bond acceptors (Lipinski definition) is 3. The Hall–Kier alpha value is -1.10. The van der Waals surface area contributed by atoms with E-state index in [4.69, 9.17) is 5.73 Å². The second-order valence-corrected chi connectivity index (χ2v) is 4.26. The van der Waals surface area contributed by atoms with Crippen molar-refractivity contribution in [3.05, 3.63) is 0 Å². The standard InChI is InChI=1S/C11H21N3O2/c1-3-13(9(2)15)7-10-4-5-14(8-10)11(16)6-12/h10H,3-8,12H2,1-2H3. The monoisotopic (exact) mass is 227 g/mol. The van der Waals surface area contributed by atoms with E-state index in [1.807, 2.05) is 11.8 Å². The predicted octanol–water partition coefficient (Wildman–Crippen LogP) is -0.338. The molecule has 1 aliphatic heterocycles. The third-order valence-corrected chi connectivity index (χ3v) is 3.12. The van der Waals surface area contributed by atoms with E-state index in [1.165, 1.54) is 0 Å². The summed E-state index contributed by atoms with van der Waals surface area (Å²) in [5.74, 6) is 0.513. The first-order chi connectivity index (χ1) is 7.58. The van der Waals surface area contributed by atoms with Gasteiger partial charge in [-0.25, -0.2) is 0 Å². The summed E-state index contributed by atoms with van der Waals surface area (Å²) in [6.45, 7) is 6.63. The van der Waals surface area contributed by atoms with Crippen LogP contribution in [0.2, 0.25) is 0 Å². The molecule has 1 saturated heterocycles. The lowest BCUT2D eigenvalue weighted by Gasteiger charge is -2.23. The van der Waals surface area contributed by atoms with Crippen LogP contribution in [0.15, 0.2) is 0 Å². The Kier molecular flexibility index (Phi) is 4.73. The molecule has 1 aliphatic rings. The van der Waals surface area contributed by atoms with Crippen molar-refractivity contribution in [2.24, 2.45) is 11.7 Å². The summed E-state index contributed by atoms with van der Waals surface area (Å²) in [5.41, 5.74) is 5.32. The van der Waals surface area contributed by atoms with Gasteiger partial charge in [-0.15, -0.1) is 0 Å². The molecule has 16 heavy (non-hydrogen) atoms.